The minimum atomic E-state index is -4.38. The Kier molecular flexibility index (Phi) is 16.3. The summed E-state index contributed by atoms with van der Waals surface area (Å²) >= 11 is 3.95. The molecule has 0 unspecified atom stereocenters. The summed E-state index contributed by atoms with van der Waals surface area (Å²) in [5, 5.41) is 12.1. The van der Waals surface area contributed by atoms with E-state index in [1.54, 1.807) is 17.5 Å². The molecule has 0 bridgehead atoms. The summed E-state index contributed by atoms with van der Waals surface area (Å²) in [6.45, 7) is -1.13. The van der Waals surface area contributed by atoms with Gasteiger partial charge in [0.2, 0.25) is 6.54 Å². The van der Waals surface area contributed by atoms with Gasteiger partial charge in [-0.05, 0) is 33.4 Å². The van der Waals surface area contributed by atoms with E-state index in [2.05, 4.69) is 15.8 Å². The van der Waals surface area contributed by atoms with Gasteiger partial charge < -0.3 is 44.2 Å². The molecule has 0 spiro atoms. The highest BCUT2D eigenvalue weighted by Gasteiger charge is 2.55. The maximum Gasteiger partial charge on any atom is 0.448 e. The molecule has 5 aromatic carbocycles. The minimum absolute atomic E-state index is 0. The lowest BCUT2D eigenvalue weighted by Crippen LogP contribution is -3.00. The highest BCUT2D eigenvalue weighted by Crippen LogP contribution is 2.44. The average Bonchev–Trinajstić information content (AvgIpc) is 3.86. The number of hydrogen-bond donors (Lipinski definition) is 2. The summed E-state index contributed by atoms with van der Waals surface area (Å²) < 4.78 is 46.5. The Morgan fingerprint density at radius 2 is 1.34 bits per heavy atom. The Morgan fingerprint density at radius 1 is 0.817 bits per heavy atom. The van der Waals surface area contributed by atoms with Crippen LogP contribution in [0.1, 0.15) is 39.6 Å². The molecule has 1 saturated heterocycles. The van der Waals surface area contributed by atoms with Gasteiger partial charge in [0, 0.05) is 33.9 Å². The van der Waals surface area contributed by atoms with Crippen molar-refractivity contribution >= 4 is 63.5 Å². The molecule has 2 N–H and O–H groups in total. The van der Waals surface area contributed by atoms with Crippen LogP contribution < -0.4 is 39.2 Å². The average molecular weight is 1130 g/mol. The van der Waals surface area contributed by atoms with Gasteiger partial charge in [-0.2, -0.15) is 17.7 Å². The van der Waals surface area contributed by atoms with E-state index >= 15 is 0 Å². The molecule has 2 aliphatic rings. The Labute approximate surface area is 437 Å². The fourth-order valence-electron chi connectivity index (χ4n) is 8.44. The number of carbonyl (C=O) groups excluding carboxylic acids is 3. The number of nitrogens with zero attached hydrogens (tertiary/aromatic N) is 4. The first-order chi connectivity index (χ1) is 34.0. The molecule has 9 rings (SSSR count). The van der Waals surface area contributed by atoms with E-state index in [1.165, 1.54) is 59.3 Å². The summed E-state index contributed by atoms with van der Waals surface area (Å²) in [5.74, 6) is -1.49. The Balaban J connectivity index is 0.00000676. The molecule has 2 aromatic heterocycles. The molecule has 7 aromatic rings. The summed E-state index contributed by atoms with van der Waals surface area (Å²) in [6, 6.07) is 50.6. The molecule has 11 nitrogen and oxygen atoms in total. The van der Waals surface area contributed by atoms with Gasteiger partial charge in [-0.3, -0.25) is 14.5 Å². The van der Waals surface area contributed by atoms with Crippen molar-refractivity contribution in [3.8, 4) is 0 Å². The number of nitrogens with one attached hydrogen (secondary N) is 2. The van der Waals surface area contributed by atoms with Crippen LogP contribution in [0.25, 0.3) is 0 Å². The minimum Gasteiger partial charge on any atom is -1.00 e. The van der Waals surface area contributed by atoms with E-state index in [-0.39, 0.29) is 52.6 Å². The number of benzene rings is 5. The van der Waals surface area contributed by atoms with Crippen molar-refractivity contribution < 1.29 is 65.7 Å². The van der Waals surface area contributed by atoms with Gasteiger partial charge in [0.25, 0.3) is 11.8 Å². The second kappa shape index (κ2) is 22.7. The maximum absolute atomic E-state index is 14.6. The summed E-state index contributed by atoms with van der Waals surface area (Å²) in [6.07, 6.45) is -2.51. The SMILES string of the molecule is CO/N=C(/C(=O)N[C@@H]1C(=O)N2C(C(=O)OC(c3ccccc3)c3ccccc3)=C(CSc3cc[n+](CC(F)(F)F)cc3)CS[C@H]12)c1csc(NC(c2ccccc2)(c2ccccc2)c2ccccc2)n1.[I-]. The highest BCUT2D eigenvalue weighted by molar-refractivity contribution is 8.01. The van der Waals surface area contributed by atoms with Crippen LogP contribution in [-0.4, -0.2) is 69.6 Å². The van der Waals surface area contributed by atoms with Crippen molar-refractivity contribution in [3.05, 3.63) is 226 Å². The predicted molar refractivity (Wildman–Crippen MR) is 265 cm³/mol. The molecular weight excluding hydrogens is 1080 g/mol. The number of halogens is 4. The number of carbonyl (C=O) groups is 3. The first-order valence-electron chi connectivity index (χ1n) is 22.0. The first kappa shape index (κ1) is 50.9. The number of pyridine rings is 1. The van der Waals surface area contributed by atoms with Crippen LogP contribution in [0.15, 0.2) is 203 Å². The molecular formula is C53H44F3IN6O5S3. The third-order valence-corrected chi connectivity index (χ3v) is 14.8. The topological polar surface area (TPSA) is 126 Å². The van der Waals surface area contributed by atoms with Gasteiger partial charge in [-0.25, -0.2) is 9.78 Å². The quantitative estimate of drug-likeness (QED) is 0.0153. The molecule has 2 atom stereocenters. The van der Waals surface area contributed by atoms with E-state index in [0.29, 0.717) is 26.7 Å². The zero-order valence-corrected chi connectivity index (χ0v) is 42.3. The maximum atomic E-state index is 14.6. The highest BCUT2D eigenvalue weighted by atomic mass is 127. The monoisotopic (exact) mass is 1120 g/mol. The number of alkyl halides is 3. The molecule has 0 saturated carbocycles. The van der Waals surface area contributed by atoms with Gasteiger partial charge in [0.05, 0.1) is 0 Å². The van der Waals surface area contributed by atoms with Crippen molar-refractivity contribution in [2.75, 3.05) is 23.9 Å². The predicted octanol–water partition coefficient (Wildman–Crippen LogP) is 6.53. The van der Waals surface area contributed by atoms with Crippen LogP contribution in [0.3, 0.4) is 0 Å². The number of oxime groups is 1. The lowest BCUT2D eigenvalue weighted by atomic mass is 9.77. The molecule has 4 heterocycles. The molecule has 0 aliphatic carbocycles. The Hall–Kier alpha value is -6.48. The zero-order chi connectivity index (χ0) is 48.7. The number of amides is 2. The number of rotatable bonds is 17. The number of β-lactam (4-membered cyclic amide) rings is 1. The molecule has 0 radical (unpaired) electrons. The van der Waals surface area contributed by atoms with E-state index in [0.717, 1.165) is 21.3 Å². The number of anilines is 1. The first-order valence-corrected chi connectivity index (χ1v) is 24.9. The number of ether oxygens (including phenoxy) is 1. The largest absolute Gasteiger partial charge is 1.00 e. The van der Waals surface area contributed by atoms with Gasteiger partial charge in [0.1, 0.15) is 35.5 Å². The fraction of sp³-hybridized carbons (Fsp3) is 0.170. The van der Waals surface area contributed by atoms with Crippen molar-refractivity contribution in [1.82, 2.24) is 15.2 Å². The van der Waals surface area contributed by atoms with Crippen LogP contribution in [0, 0.1) is 0 Å². The Morgan fingerprint density at radius 3 is 1.85 bits per heavy atom. The van der Waals surface area contributed by atoms with Crippen molar-refractivity contribution in [3.63, 3.8) is 0 Å². The lowest BCUT2D eigenvalue weighted by Gasteiger charge is -2.49. The van der Waals surface area contributed by atoms with Crippen LogP contribution in [0.4, 0.5) is 18.3 Å². The second-order valence-corrected chi connectivity index (χ2v) is 19.2. The third-order valence-electron chi connectivity index (χ3n) is 11.7. The van der Waals surface area contributed by atoms with Gasteiger partial charge in [0.15, 0.2) is 29.3 Å². The van der Waals surface area contributed by atoms with Crippen molar-refractivity contribution in [2.45, 2.75) is 40.7 Å². The Bertz CT molecular complexity index is 2870. The van der Waals surface area contributed by atoms with Gasteiger partial charge in [-0.15, -0.1) is 34.9 Å². The number of thioether (sulfide) groups is 2. The second-order valence-electron chi connectivity index (χ2n) is 16.2. The smallest absolute Gasteiger partial charge is 0.448 e. The molecule has 71 heavy (non-hydrogen) atoms. The molecule has 2 amide bonds. The number of thiazole rings is 1. The zero-order valence-electron chi connectivity index (χ0n) is 37.7. The van der Waals surface area contributed by atoms with Crippen LogP contribution in [0.2, 0.25) is 0 Å². The standard InChI is InChI=1S/C53H43F3N6O5S3.HI/c1-66-60-43(42-33-70-51(57-42)59-53(38-21-11-4-12-22-38,39-23-13-5-14-24-39)40-25-15-6-16-26-40)47(63)58-44-48(64)62-45(50(65)67-46(35-17-7-2-8-18-35)36-19-9-3-10-20-36)37(32-69-49(44)62)31-68-41-27-29-61(30-28-41)34-52(54,55)56;/h2-30,33,44,46,49H,31-32,34H2,1H3,(H-,57,58,59,63);1H/b60-43+;/t44-,49-;/m1./s1. The molecule has 2 aliphatic heterocycles. The molecule has 1 fully saturated rings. The van der Waals surface area contributed by atoms with Crippen molar-refractivity contribution in [2.24, 2.45) is 5.16 Å². The number of aromatic nitrogens is 2. The van der Waals surface area contributed by atoms with Crippen LogP contribution in [0.5, 0.6) is 0 Å². The summed E-state index contributed by atoms with van der Waals surface area (Å²) in [4.78, 5) is 55.4. The van der Waals surface area contributed by atoms with Gasteiger partial charge >= 0.3 is 12.1 Å². The molecule has 362 valence electrons. The van der Waals surface area contributed by atoms with E-state index in [4.69, 9.17) is 14.6 Å². The van der Waals surface area contributed by atoms with E-state index < -0.39 is 53.6 Å². The third kappa shape index (κ3) is 11.4. The van der Waals surface area contributed by atoms with E-state index in [1.807, 2.05) is 152 Å². The van der Waals surface area contributed by atoms with Gasteiger partial charge in [-0.1, -0.05) is 157 Å². The number of hydrogen-bond acceptors (Lipinski definition) is 11. The summed E-state index contributed by atoms with van der Waals surface area (Å²) in [5.41, 5.74) is 4.08. The van der Waals surface area contributed by atoms with E-state index in [9.17, 15) is 27.6 Å². The normalized spacial score (nSPS) is 15.8. The van der Waals surface area contributed by atoms with Crippen molar-refractivity contribution in [1.29, 1.82) is 0 Å². The van der Waals surface area contributed by atoms with Crippen LogP contribution >= 0.6 is 34.9 Å². The summed E-state index contributed by atoms with van der Waals surface area (Å²) in [7, 11) is 1.31. The number of fused-ring (bicyclic) bond motifs is 1. The number of esters is 1. The molecule has 18 heteroatoms. The lowest BCUT2D eigenvalue weighted by molar-refractivity contribution is -0.719. The van der Waals surface area contributed by atoms with Crippen LogP contribution in [-0.2, 0) is 36.0 Å². The fourth-order valence-corrected chi connectivity index (χ4v) is 11.6.